The van der Waals surface area contributed by atoms with Crippen LogP contribution >= 0.6 is 0 Å². The van der Waals surface area contributed by atoms with Crippen LogP contribution < -0.4 is 0 Å². The van der Waals surface area contributed by atoms with Crippen molar-refractivity contribution in [1.29, 1.82) is 0 Å². The van der Waals surface area contributed by atoms with Gasteiger partial charge in [0.2, 0.25) is 0 Å². The number of aryl methyl sites for hydroxylation is 3. The van der Waals surface area contributed by atoms with E-state index in [2.05, 4.69) is 31.2 Å². The Morgan fingerprint density at radius 3 is 2.09 bits per heavy atom. The van der Waals surface area contributed by atoms with Gasteiger partial charge in [0.25, 0.3) is 0 Å². The van der Waals surface area contributed by atoms with Crippen molar-refractivity contribution in [2.45, 2.75) is 51.9 Å². The maximum Gasteiger partial charge on any atom is 0.159 e. The molecule has 0 nitrogen and oxygen atoms in total. The minimum Gasteiger partial charge on any atom is -0.206 e. The summed E-state index contributed by atoms with van der Waals surface area (Å²) in [6.07, 6.45) is 7.01. The summed E-state index contributed by atoms with van der Waals surface area (Å²) in [4.78, 5) is 0. The van der Waals surface area contributed by atoms with Gasteiger partial charge < -0.3 is 0 Å². The Morgan fingerprint density at radius 2 is 1.33 bits per heavy atom. The lowest BCUT2D eigenvalue weighted by Crippen LogP contribution is -1.97. The third kappa shape index (κ3) is 5.65. The average molecular weight is 447 g/mol. The molecule has 0 fully saturated rings. The van der Waals surface area contributed by atoms with Gasteiger partial charge in [-0.15, -0.1) is 0 Å². The molecule has 0 saturated heterocycles. The van der Waals surface area contributed by atoms with Gasteiger partial charge in [-0.3, -0.25) is 0 Å². The molecule has 0 aliphatic carbocycles. The monoisotopic (exact) mass is 446 g/mol. The Balaban J connectivity index is 1.47. The van der Waals surface area contributed by atoms with Crippen LogP contribution in [0, 0.1) is 17.5 Å². The van der Waals surface area contributed by atoms with Crippen LogP contribution in [0.3, 0.4) is 0 Å². The first-order chi connectivity index (χ1) is 16.0. The Kier molecular flexibility index (Phi) is 7.49. The number of unbranched alkanes of at least 4 members (excludes halogenated alkanes) is 3. The lowest BCUT2D eigenvalue weighted by molar-refractivity contribution is 0.507. The van der Waals surface area contributed by atoms with E-state index in [1.54, 1.807) is 12.1 Å². The average Bonchev–Trinajstić information content (AvgIpc) is 2.84. The number of fused-ring (bicyclic) bond motifs is 1. The standard InChI is InChI=1S/C30H29F3/c1-2-3-4-5-6-21-7-11-23(12-8-21)25-16-17-27-26(20-25)15-14-24(30(27)33)13-9-22-10-18-28(31)29(32)19-22/h7-8,10-12,14-20H,2-6,9,13H2,1H3. The molecule has 0 heterocycles. The van der Waals surface area contributed by atoms with Crippen LogP contribution in [-0.4, -0.2) is 0 Å². The zero-order valence-electron chi connectivity index (χ0n) is 19.0. The Morgan fingerprint density at radius 1 is 0.576 bits per heavy atom. The summed E-state index contributed by atoms with van der Waals surface area (Å²) in [5, 5.41) is 1.43. The lowest BCUT2D eigenvalue weighted by atomic mass is 9.96. The zero-order chi connectivity index (χ0) is 23.2. The van der Waals surface area contributed by atoms with Gasteiger partial charge in [-0.1, -0.05) is 80.8 Å². The quantitative estimate of drug-likeness (QED) is 0.225. The molecular weight excluding hydrogens is 417 g/mol. The van der Waals surface area contributed by atoms with Crippen molar-refractivity contribution in [2.75, 3.05) is 0 Å². The summed E-state index contributed by atoms with van der Waals surface area (Å²) >= 11 is 0. The predicted octanol–water partition coefficient (Wildman–Crippen LogP) is 8.83. The first-order valence-electron chi connectivity index (χ1n) is 11.8. The van der Waals surface area contributed by atoms with Crippen LogP contribution in [0.4, 0.5) is 13.2 Å². The molecule has 170 valence electrons. The van der Waals surface area contributed by atoms with E-state index in [1.807, 2.05) is 24.3 Å². The highest BCUT2D eigenvalue weighted by Crippen LogP contribution is 2.28. The molecule has 4 rings (SSSR count). The third-order valence-electron chi connectivity index (χ3n) is 6.31. The summed E-state index contributed by atoms with van der Waals surface area (Å²) in [6, 6.07) is 22.0. The predicted molar refractivity (Wildman–Crippen MR) is 131 cm³/mol. The van der Waals surface area contributed by atoms with E-state index in [4.69, 9.17) is 0 Å². The second-order valence-corrected chi connectivity index (χ2v) is 8.73. The Hall–Kier alpha value is -3.07. The molecule has 0 N–H and O–H groups in total. The maximum absolute atomic E-state index is 15.1. The first-order valence-corrected chi connectivity index (χ1v) is 11.8. The van der Waals surface area contributed by atoms with Gasteiger partial charge in [-0.2, -0.15) is 0 Å². The minimum absolute atomic E-state index is 0.246. The zero-order valence-corrected chi connectivity index (χ0v) is 19.0. The van der Waals surface area contributed by atoms with Crippen LogP contribution in [0.5, 0.6) is 0 Å². The van der Waals surface area contributed by atoms with Crippen LogP contribution in [0.25, 0.3) is 21.9 Å². The molecule has 4 aromatic rings. The van der Waals surface area contributed by atoms with E-state index < -0.39 is 11.6 Å². The van der Waals surface area contributed by atoms with Crippen LogP contribution in [0.1, 0.15) is 49.3 Å². The van der Waals surface area contributed by atoms with E-state index in [-0.39, 0.29) is 5.82 Å². The fourth-order valence-electron chi connectivity index (χ4n) is 4.30. The summed E-state index contributed by atoms with van der Waals surface area (Å²) in [5.41, 5.74) is 4.77. The van der Waals surface area contributed by atoms with E-state index in [0.29, 0.717) is 29.4 Å². The van der Waals surface area contributed by atoms with Gasteiger partial charge in [-0.05, 0) is 77.1 Å². The number of hydrogen-bond donors (Lipinski definition) is 0. The summed E-state index contributed by atoms with van der Waals surface area (Å²) in [6.45, 7) is 2.22. The fraction of sp³-hybridized carbons (Fsp3) is 0.267. The van der Waals surface area contributed by atoms with Crippen LogP contribution in [0.15, 0.2) is 72.8 Å². The topological polar surface area (TPSA) is 0 Å². The van der Waals surface area contributed by atoms with Crippen molar-refractivity contribution in [1.82, 2.24) is 0 Å². The molecule has 4 aromatic carbocycles. The molecule has 0 aromatic heterocycles. The molecule has 0 bridgehead atoms. The van der Waals surface area contributed by atoms with Gasteiger partial charge in [-0.25, -0.2) is 13.2 Å². The number of hydrogen-bond acceptors (Lipinski definition) is 0. The molecule has 0 saturated carbocycles. The van der Waals surface area contributed by atoms with Crippen molar-refractivity contribution < 1.29 is 13.2 Å². The van der Waals surface area contributed by atoms with Gasteiger partial charge >= 0.3 is 0 Å². The van der Waals surface area contributed by atoms with Gasteiger partial charge in [0.1, 0.15) is 5.82 Å². The molecule has 0 radical (unpaired) electrons. The fourth-order valence-corrected chi connectivity index (χ4v) is 4.30. The summed E-state index contributed by atoms with van der Waals surface area (Å²) in [7, 11) is 0. The van der Waals surface area contributed by atoms with Crippen molar-refractivity contribution in [2.24, 2.45) is 0 Å². The molecule has 0 amide bonds. The molecule has 0 aliphatic rings. The number of halogens is 3. The van der Waals surface area contributed by atoms with E-state index in [0.717, 1.165) is 29.0 Å². The summed E-state index contributed by atoms with van der Waals surface area (Å²) < 4.78 is 41.7. The van der Waals surface area contributed by atoms with E-state index in [1.165, 1.54) is 37.3 Å². The van der Waals surface area contributed by atoms with Crippen molar-refractivity contribution in [3.05, 3.63) is 107 Å². The number of benzene rings is 4. The van der Waals surface area contributed by atoms with Crippen molar-refractivity contribution in [3.63, 3.8) is 0 Å². The molecule has 33 heavy (non-hydrogen) atoms. The van der Waals surface area contributed by atoms with E-state index >= 15 is 4.39 Å². The van der Waals surface area contributed by atoms with Gasteiger partial charge in [0.05, 0.1) is 0 Å². The smallest absolute Gasteiger partial charge is 0.159 e. The van der Waals surface area contributed by atoms with Crippen molar-refractivity contribution >= 4 is 10.8 Å². The molecule has 0 atom stereocenters. The van der Waals surface area contributed by atoms with Gasteiger partial charge in [0.15, 0.2) is 11.6 Å². The van der Waals surface area contributed by atoms with Crippen molar-refractivity contribution in [3.8, 4) is 11.1 Å². The largest absolute Gasteiger partial charge is 0.206 e. The second kappa shape index (κ2) is 10.7. The Labute approximate surface area is 194 Å². The molecule has 0 unspecified atom stereocenters. The molecule has 3 heteroatoms. The lowest BCUT2D eigenvalue weighted by Gasteiger charge is -2.10. The first kappa shape index (κ1) is 23.1. The Bertz CT molecular complexity index is 1230. The molecular formula is C30H29F3. The van der Waals surface area contributed by atoms with Crippen LogP contribution in [-0.2, 0) is 19.3 Å². The SMILES string of the molecule is CCCCCCc1ccc(-c2ccc3c(F)c(CCc4ccc(F)c(F)c4)ccc3c2)cc1. The molecule has 0 spiro atoms. The number of rotatable bonds is 9. The van der Waals surface area contributed by atoms with E-state index in [9.17, 15) is 8.78 Å². The van der Waals surface area contributed by atoms with Crippen LogP contribution in [0.2, 0.25) is 0 Å². The highest BCUT2D eigenvalue weighted by atomic mass is 19.2. The normalized spacial score (nSPS) is 11.3. The highest BCUT2D eigenvalue weighted by molar-refractivity contribution is 5.88. The highest BCUT2D eigenvalue weighted by Gasteiger charge is 2.10. The molecule has 0 aliphatic heterocycles. The van der Waals surface area contributed by atoms with Gasteiger partial charge in [0, 0.05) is 5.39 Å². The maximum atomic E-state index is 15.1. The third-order valence-corrected chi connectivity index (χ3v) is 6.31. The summed E-state index contributed by atoms with van der Waals surface area (Å²) in [5.74, 6) is -1.99. The second-order valence-electron chi connectivity index (χ2n) is 8.73. The minimum atomic E-state index is -0.872.